The third kappa shape index (κ3) is 3.39. The van der Waals surface area contributed by atoms with Crippen molar-refractivity contribution in [1.82, 2.24) is 9.62 Å². The summed E-state index contributed by atoms with van der Waals surface area (Å²) in [6.07, 6.45) is -0.402. The van der Waals surface area contributed by atoms with E-state index in [2.05, 4.69) is 5.32 Å². The van der Waals surface area contributed by atoms with Crippen LogP contribution in [0.15, 0.2) is 0 Å². The van der Waals surface area contributed by atoms with Crippen LogP contribution >= 0.6 is 0 Å². The molecule has 2 atom stereocenters. The van der Waals surface area contributed by atoms with Crippen LogP contribution in [0, 0.1) is 0 Å². The van der Waals surface area contributed by atoms with Crippen molar-refractivity contribution < 1.29 is 18.3 Å². The van der Waals surface area contributed by atoms with Crippen molar-refractivity contribution in [2.75, 3.05) is 39.1 Å². The molecule has 6 nitrogen and oxygen atoms in total. The largest absolute Gasteiger partial charge is 0.394 e. The molecule has 1 rings (SSSR count). The monoisotopic (exact) mass is 252 g/mol. The molecule has 1 aliphatic rings. The second-order valence-corrected chi connectivity index (χ2v) is 6.02. The number of sulfonamides is 1. The maximum absolute atomic E-state index is 12.0. The van der Waals surface area contributed by atoms with Gasteiger partial charge in [-0.25, -0.2) is 8.42 Å². The van der Waals surface area contributed by atoms with Gasteiger partial charge in [0.05, 0.1) is 25.1 Å². The number of morpholine rings is 1. The van der Waals surface area contributed by atoms with Crippen molar-refractivity contribution in [3.8, 4) is 0 Å². The normalized spacial score (nSPS) is 28.2. The molecule has 1 aliphatic heterocycles. The first-order valence-corrected chi connectivity index (χ1v) is 6.98. The SMILES string of the molecule is CNCCS(=O)(=O)N1CC(CO)OCC1C. The Morgan fingerprint density at radius 3 is 2.81 bits per heavy atom. The number of ether oxygens (including phenoxy) is 1. The third-order valence-electron chi connectivity index (χ3n) is 2.62. The molecule has 0 aromatic carbocycles. The summed E-state index contributed by atoms with van der Waals surface area (Å²) in [7, 11) is -1.54. The van der Waals surface area contributed by atoms with Crippen LogP contribution in [0.4, 0.5) is 0 Å². The van der Waals surface area contributed by atoms with Crippen LogP contribution < -0.4 is 5.32 Å². The van der Waals surface area contributed by atoms with Crippen LogP contribution in [0.1, 0.15) is 6.92 Å². The topological polar surface area (TPSA) is 78.9 Å². The van der Waals surface area contributed by atoms with Crippen LogP contribution in [-0.4, -0.2) is 69.1 Å². The van der Waals surface area contributed by atoms with Crippen LogP contribution in [0.2, 0.25) is 0 Å². The van der Waals surface area contributed by atoms with Crippen molar-refractivity contribution in [2.45, 2.75) is 19.1 Å². The van der Waals surface area contributed by atoms with Crippen molar-refractivity contribution in [2.24, 2.45) is 0 Å². The lowest BCUT2D eigenvalue weighted by atomic mass is 10.2. The smallest absolute Gasteiger partial charge is 0.215 e. The molecule has 1 fully saturated rings. The fourth-order valence-electron chi connectivity index (χ4n) is 1.64. The van der Waals surface area contributed by atoms with E-state index in [0.29, 0.717) is 13.2 Å². The summed E-state index contributed by atoms with van der Waals surface area (Å²) in [6.45, 7) is 2.67. The highest BCUT2D eigenvalue weighted by Crippen LogP contribution is 2.15. The summed E-state index contributed by atoms with van der Waals surface area (Å²) in [4.78, 5) is 0. The van der Waals surface area contributed by atoms with Gasteiger partial charge in [0.1, 0.15) is 0 Å². The molecule has 1 heterocycles. The highest BCUT2D eigenvalue weighted by Gasteiger charge is 2.33. The number of nitrogens with zero attached hydrogens (tertiary/aromatic N) is 1. The van der Waals surface area contributed by atoms with E-state index in [0.717, 1.165) is 0 Å². The Morgan fingerprint density at radius 2 is 2.25 bits per heavy atom. The van der Waals surface area contributed by atoms with Crippen molar-refractivity contribution in [3.05, 3.63) is 0 Å². The van der Waals surface area contributed by atoms with Crippen LogP contribution in [-0.2, 0) is 14.8 Å². The van der Waals surface area contributed by atoms with Gasteiger partial charge >= 0.3 is 0 Å². The number of hydrogen-bond donors (Lipinski definition) is 2. The molecule has 0 spiro atoms. The summed E-state index contributed by atoms with van der Waals surface area (Å²) in [5.74, 6) is 0.0754. The highest BCUT2D eigenvalue weighted by atomic mass is 32.2. The van der Waals surface area contributed by atoms with Gasteiger partial charge < -0.3 is 15.2 Å². The highest BCUT2D eigenvalue weighted by molar-refractivity contribution is 7.89. The number of aliphatic hydroxyl groups is 1. The van der Waals surface area contributed by atoms with Gasteiger partial charge in [0.15, 0.2) is 0 Å². The fourth-order valence-corrected chi connectivity index (χ4v) is 3.34. The molecule has 0 aromatic rings. The Morgan fingerprint density at radius 1 is 1.56 bits per heavy atom. The minimum Gasteiger partial charge on any atom is -0.394 e. The molecular weight excluding hydrogens is 232 g/mol. The van der Waals surface area contributed by atoms with Gasteiger partial charge in [0.25, 0.3) is 0 Å². The molecule has 0 bridgehead atoms. The Bertz CT molecular complexity index is 307. The van der Waals surface area contributed by atoms with E-state index in [1.807, 2.05) is 6.92 Å². The summed E-state index contributed by atoms with van der Waals surface area (Å²) in [6, 6.07) is -0.162. The Hall–Kier alpha value is -0.210. The Labute approximate surface area is 96.6 Å². The maximum atomic E-state index is 12.0. The number of hydrogen-bond acceptors (Lipinski definition) is 5. The second kappa shape index (κ2) is 5.92. The molecular formula is C9H20N2O4S. The van der Waals surface area contributed by atoms with E-state index in [1.165, 1.54) is 4.31 Å². The zero-order valence-electron chi connectivity index (χ0n) is 9.72. The predicted octanol–water partition coefficient (Wildman–Crippen LogP) is -1.38. The zero-order chi connectivity index (χ0) is 12.2. The third-order valence-corrected chi connectivity index (χ3v) is 4.56. The molecule has 96 valence electrons. The maximum Gasteiger partial charge on any atom is 0.215 e. The summed E-state index contributed by atoms with van der Waals surface area (Å²) >= 11 is 0. The Kier molecular flexibility index (Phi) is 5.13. The summed E-state index contributed by atoms with van der Waals surface area (Å²) in [5.41, 5.74) is 0. The quantitative estimate of drug-likeness (QED) is 0.630. The summed E-state index contributed by atoms with van der Waals surface area (Å²) < 4.78 is 30.7. The second-order valence-electron chi connectivity index (χ2n) is 3.98. The molecule has 16 heavy (non-hydrogen) atoms. The van der Waals surface area contributed by atoms with Crippen LogP contribution in [0.5, 0.6) is 0 Å². The average molecular weight is 252 g/mol. The van der Waals surface area contributed by atoms with Crippen LogP contribution in [0.25, 0.3) is 0 Å². The van der Waals surface area contributed by atoms with Gasteiger partial charge in [-0.3, -0.25) is 0 Å². The van der Waals surface area contributed by atoms with E-state index in [9.17, 15) is 8.42 Å². The molecule has 0 aliphatic carbocycles. The molecule has 2 unspecified atom stereocenters. The predicted molar refractivity (Wildman–Crippen MR) is 60.7 cm³/mol. The lowest BCUT2D eigenvalue weighted by Crippen LogP contribution is -2.53. The minimum absolute atomic E-state index is 0.0754. The van der Waals surface area contributed by atoms with E-state index in [4.69, 9.17) is 9.84 Å². The first-order valence-electron chi connectivity index (χ1n) is 5.38. The van der Waals surface area contributed by atoms with Gasteiger partial charge in [-0.1, -0.05) is 0 Å². The van der Waals surface area contributed by atoms with Gasteiger partial charge in [0, 0.05) is 19.1 Å². The lowest BCUT2D eigenvalue weighted by molar-refractivity contribution is -0.0516. The Balaban J connectivity index is 2.68. The first kappa shape index (κ1) is 13.9. The molecule has 0 amide bonds. The van der Waals surface area contributed by atoms with Crippen molar-refractivity contribution in [3.63, 3.8) is 0 Å². The number of rotatable bonds is 5. The molecule has 0 aromatic heterocycles. The number of nitrogens with one attached hydrogen (secondary N) is 1. The summed E-state index contributed by atoms with van der Waals surface area (Å²) in [5, 5.41) is 11.8. The first-order chi connectivity index (χ1) is 7.51. The van der Waals surface area contributed by atoms with Gasteiger partial charge in [-0.15, -0.1) is 0 Å². The fraction of sp³-hybridized carbons (Fsp3) is 1.00. The molecule has 7 heteroatoms. The molecule has 1 saturated heterocycles. The van der Waals surface area contributed by atoms with E-state index < -0.39 is 16.1 Å². The van der Waals surface area contributed by atoms with Gasteiger partial charge in [-0.2, -0.15) is 4.31 Å². The molecule has 2 N–H and O–H groups in total. The van der Waals surface area contributed by atoms with Crippen LogP contribution in [0.3, 0.4) is 0 Å². The van der Waals surface area contributed by atoms with E-state index in [1.54, 1.807) is 7.05 Å². The van der Waals surface area contributed by atoms with Crippen molar-refractivity contribution >= 4 is 10.0 Å². The molecule has 0 saturated carbocycles. The van der Waals surface area contributed by atoms with Gasteiger partial charge in [-0.05, 0) is 14.0 Å². The van der Waals surface area contributed by atoms with E-state index in [-0.39, 0.29) is 24.9 Å². The molecule has 0 radical (unpaired) electrons. The average Bonchev–Trinajstić information content (AvgIpc) is 2.27. The number of aliphatic hydroxyl groups excluding tert-OH is 1. The van der Waals surface area contributed by atoms with E-state index >= 15 is 0 Å². The minimum atomic E-state index is -3.26. The lowest BCUT2D eigenvalue weighted by Gasteiger charge is -2.36. The van der Waals surface area contributed by atoms with Crippen molar-refractivity contribution in [1.29, 1.82) is 0 Å². The standard InChI is InChI=1S/C9H20N2O4S/c1-8-7-15-9(6-12)5-11(8)16(13,14)4-3-10-2/h8-10,12H,3-7H2,1-2H3. The zero-order valence-corrected chi connectivity index (χ0v) is 10.5. The van der Waals surface area contributed by atoms with Gasteiger partial charge in [0.2, 0.25) is 10.0 Å².